The fraction of sp³-hybridized carbons (Fsp3) is 0.455. The highest BCUT2D eigenvalue weighted by atomic mass is 31.1. The normalized spacial score (nSPS) is 12.3. The molecule has 0 radical (unpaired) electrons. The largest absolute Gasteiger partial charge is 0.418 e. The molecule has 0 saturated carbocycles. The first-order valence-electron chi connectivity index (χ1n) is 9.28. The van der Waals surface area contributed by atoms with Crippen LogP contribution in [0.1, 0.15) is 65.5 Å². The quantitative estimate of drug-likeness (QED) is 0.471. The Morgan fingerprint density at radius 2 is 1.00 bits per heavy atom. The number of rotatable bonds is 8. The van der Waals surface area contributed by atoms with Crippen LogP contribution in [-0.4, -0.2) is 0 Å². The average molecular weight is 374 g/mol. The Balaban J connectivity index is 1.98. The molecule has 0 saturated heterocycles. The minimum atomic E-state index is -2.65. The van der Waals surface area contributed by atoms with Crippen LogP contribution in [0.4, 0.5) is 0 Å². The maximum Gasteiger partial charge on any atom is 0.418 e. The monoisotopic (exact) mass is 374 g/mol. The number of hydrogen-bond acceptors (Lipinski definition) is 3. The van der Waals surface area contributed by atoms with E-state index in [1.54, 1.807) is 0 Å². The van der Waals surface area contributed by atoms with Crippen LogP contribution in [0.25, 0.3) is 0 Å². The van der Waals surface area contributed by atoms with Crippen molar-refractivity contribution in [2.75, 3.05) is 0 Å². The van der Waals surface area contributed by atoms with Crippen molar-refractivity contribution < 1.29 is 13.6 Å². The summed E-state index contributed by atoms with van der Waals surface area (Å²) in [6.45, 7) is 13.2. The van der Waals surface area contributed by atoms with Gasteiger partial charge in [-0.15, -0.1) is 0 Å². The van der Waals surface area contributed by atoms with E-state index in [4.69, 9.17) is 9.05 Å². The Kier molecular flexibility index (Phi) is 6.58. The lowest BCUT2D eigenvalue weighted by molar-refractivity contribution is 0.415. The summed E-state index contributed by atoms with van der Waals surface area (Å²) in [5, 5.41) is 0. The van der Waals surface area contributed by atoms with E-state index in [0.717, 1.165) is 12.8 Å². The Morgan fingerprint density at radius 1 is 0.692 bits per heavy atom. The molecule has 2 aromatic rings. The molecular formula is C22H31O3P. The van der Waals surface area contributed by atoms with Crippen molar-refractivity contribution in [3.63, 3.8) is 0 Å². The van der Waals surface area contributed by atoms with Crippen LogP contribution in [0.15, 0.2) is 48.5 Å². The minimum Gasteiger partial charge on any atom is -0.418 e. The van der Waals surface area contributed by atoms with Gasteiger partial charge in [0.25, 0.3) is 0 Å². The second kappa shape index (κ2) is 8.31. The van der Waals surface area contributed by atoms with Crippen molar-refractivity contribution in [1.29, 1.82) is 0 Å². The standard InChI is InChI=1S/C22H31O3P/c1-7-21(3,4)17-9-13-19(14-10-17)24-26(23)25-20-15-11-18(12-16-20)22(5,6)8-2/h9-16,26H,7-8H2,1-6H3. The van der Waals surface area contributed by atoms with Crippen LogP contribution < -0.4 is 9.05 Å². The molecule has 0 spiro atoms. The summed E-state index contributed by atoms with van der Waals surface area (Å²) < 4.78 is 23.1. The van der Waals surface area contributed by atoms with E-state index in [1.165, 1.54) is 11.1 Å². The molecule has 0 N–H and O–H groups in total. The van der Waals surface area contributed by atoms with E-state index < -0.39 is 8.25 Å². The molecule has 3 nitrogen and oxygen atoms in total. The predicted molar refractivity (Wildman–Crippen MR) is 110 cm³/mol. The molecular weight excluding hydrogens is 343 g/mol. The van der Waals surface area contributed by atoms with Gasteiger partial charge in [-0.25, -0.2) is 4.57 Å². The molecule has 4 heteroatoms. The zero-order valence-corrected chi connectivity index (χ0v) is 17.8. The van der Waals surface area contributed by atoms with Crippen molar-refractivity contribution in [2.24, 2.45) is 0 Å². The van der Waals surface area contributed by atoms with Crippen molar-refractivity contribution in [2.45, 2.75) is 65.2 Å². The Bertz CT molecular complexity index is 667. The summed E-state index contributed by atoms with van der Waals surface area (Å²) in [6.07, 6.45) is 2.11. The highest BCUT2D eigenvalue weighted by Gasteiger charge is 2.19. The second-order valence-electron chi connectivity index (χ2n) is 7.98. The summed E-state index contributed by atoms with van der Waals surface area (Å²) in [6, 6.07) is 15.5. The van der Waals surface area contributed by atoms with Crippen LogP contribution in [0, 0.1) is 0 Å². The van der Waals surface area contributed by atoms with Crippen molar-refractivity contribution in [1.82, 2.24) is 0 Å². The van der Waals surface area contributed by atoms with Gasteiger partial charge in [0.05, 0.1) is 0 Å². The minimum absolute atomic E-state index is 0.119. The molecule has 0 bridgehead atoms. The van der Waals surface area contributed by atoms with Crippen LogP contribution >= 0.6 is 8.25 Å². The van der Waals surface area contributed by atoms with Crippen LogP contribution in [0.5, 0.6) is 11.5 Å². The summed E-state index contributed by atoms with van der Waals surface area (Å²) in [4.78, 5) is 0. The van der Waals surface area contributed by atoms with Crippen LogP contribution in [0.3, 0.4) is 0 Å². The van der Waals surface area contributed by atoms with Gasteiger partial charge in [-0.2, -0.15) is 0 Å². The van der Waals surface area contributed by atoms with Crippen molar-refractivity contribution in [3.05, 3.63) is 59.7 Å². The summed E-state index contributed by atoms with van der Waals surface area (Å²) in [7, 11) is -2.65. The molecule has 142 valence electrons. The van der Waals surface area contributed by atoms with Gasteiger partial charge in [-0.05, 0) is 59.1 Å². The third kappa shape index (κ3) is 5.14. The Hall–Kier alpha value is -1.73. The van der Waals surface area contributed by atoms with Gasteiger partial charge in [-0.3, -0.25) is 0 Å². The average Bonchev–Trinajstić information content (AvgIpc) is 2.62. The fourth-order valence-corrected chi connectivity index (χ4v) is 3.27. The maximum atomic E-state index is 12.2. The molecule has 0 amide bonds. The molecule has 26 heavy (non-hydrogen) atoms. The van der Waals surface area contributed by atoms with E-state index >= 15 is 0 Å². The van der Waals surface area contributed by atoms with Gasteiger partial charge in [0.2, 0.25) is 0 Å². The zero-order chi connectivity index (χ0) is 19.4. The van der Waals surface area contributed by atoms with Gasteiger partial charge in [0.1, 0.15) is 11.5 Å². The molecule has 0 heterocycles. The predicted octanol–water partition coefficient (Wildman–Crippen LogP) is 6.91. The molecule has 0 aliphatic heterocycles. The third-order valence-electron chi connectivity index (χ3n) is 5.44. The van der Waals surface area contributed by atoms with Gasteiger partial charge < -0.3 is 9.05 Å². The fourth-order valence-electron chi connectivity index (χ4n) is 2.57. The SMILES string of the molecule is CCC(C)(C)c1ccc(O[PH](=O)Oc2ccc(C(C)(C)CC)cc2)cc1. The number of benzene rings is 2. The first-order chi connectivity index (χ1) is 12.2. The topological polar surface area (TPSA) is 35.5 Å². The third-order valence-corrected chi connectivity index (χ3v) is 6.25. The Labute approximate surface area is 158 Å². The molecule has 0 aliphatic rings. The molecule has 2 rings (SSSR count). The summed E-state index contributed by atoms with van der Waals surface area (Å²) in [5.41, 5.74) is 2.71. The van der Waals surface area contributed by atoms with Crippen molar-refractivity contribution in [3.8, 4) is 11.5 Å². The lowest BCUT2D eigenvalue weighted by Gasteiger charge is -2.23. The van der Waals surface area contributed by atoms with Crippen molar-refractivity contribution >= 4 is 8.25 Å². The van der Waals surface area contributed by atoms with E-state index in [-0.39, 0.29) is 10.8 Å². The summed E-state index contributed by atoms with van der Waals surface area (Å²) in [5.74, 6) is 1.13. The first-order valence-corrected chi connectivity index (χ1v) is 10.5. The van der Waals surface area contributed by atoms with E-state index in [1.807, 2.05) is 48.5 Å². The zero-order valence-electron chi connectivity index (χ0n) is 16.8. The number of hydrogen-bond donors (Lipinski definition) is 0. The lowest BCUT2D eigenvalue weighted by atomic mass is 9.82. The molecule has 0 aliphatic carbocycles. The van der Waals surface area contributed by atoms with E-state index in [2.05, 4.69) is 41.5 Å². The second-order valence-corrected chi connectivity index (χ2v) is 8.89. The molecule has 0 unspecified atom stereocenters. The van der Waals surface area contributed by atoms with Gasteiger partial charge in [-0.1, -0.05) is 65.8 Å². The van der Waals surface area contributed by atoms with E-state index in [0.29, 0.717) is 11.5 Å². The lowest BCUT2D eigenvalue weighted by Crippen LogP contribution is -2.15. The van der Waals surface area contributed by atoms with Gasteiger partial charge in [0.15, 0.2) is 0 Å². The molecule has 0 atom stereocenters. The highest BCUT2D eigenvalue weighted by Crippen LogP contribution is 2.34. The molecule has 0 aromatic heterocycles. The van der Waals surface area contributed by atoms with Crippen LogP contribution in [-0.2, 0) is 15.4 Å². The van der Waals surface area contributed by atoms with Crippen LogP contribution in [0.2, 0.25) is 0 Å². The maximum absolute atomic E-state index is 12.2. The first kappa shape index (κ1) is 20.6. The smallest absolute Gasteiger partial charge is 0.418 e. The molecule has 0 fully saturated rings. The molecule has 2 aromatic carbocycles. The highest BCUT2D eigenvalue weighted by molar-refractivity contribution is 7.34. The van der Waals surface area contributed by atoms with Gasteiger partial charge >= 0.3 is 8.25 Å². The summed E-state index contributed by atoms with van der Waals surface area (Å²) >= 11 is 0. The van der Waals surface area contributed by atoms with E-state index in [9.17, 15) is 4.57 Å². The van der Waals surface area contributed by atoms with Gasteiger partial charge in [0, 0.05) is 0 Å². The Morgan fingerprint density at radius 3 is 1.27 bits per heavy atom.